The van der Waals surface area contributed by atoms with Crippen molar-refractivity contribution in [1.82, 2.24) is 0 Å². The van der Waals surface area contributed by atoms with Gasteiger partial charge in [0.05, 0.1) is 5.38 Å². The molecule has 1 fully saturated rings. The molecule has 0 aliphatic heterocycles. The number of hydrogen-bond donors (Lipinski definition) is 0. The second kappa shape index (κ2) is 5.22. The Labute approximate surface area is 121 Å². The first-order valence-corrected chi connectivity index (χ1v) is 7.81. The molecule has 0 heterocycles. The summed E-state index contributed by atoms with van der Waals surface area (Å²) in [7, 11) is 0. The van der Waals surface area contributed by atoms with Crippen LogP contribution in [-0.2, 0) is 0 Å². The van der Waals surface area contributed by atoms with Crippen LogP contribution in [0.1, 0.15) is 36.6 Å². The Morgan fingerprint density at radius 2 is 1.67 bits per heavy atom. The summed E-state index contributed by atoms with van der Waals surface area (Å²) in [4.78, 5) is 0. The van der Waals surface area contributed by atoms with Crippen molar-refractivity contribution in [2.75, 3.05) is 0 Å². The molecule has 1 aliphatic carbocycles. The zero-order valence-corrected chi connectivity index (χ0v) is 12.5. The van der Waals surface area contributed by atoms with Gasteiger partial charge in [-0.1, -0.05) is 59.1 Å². The normalized spacial score (nSPS) is 18.3. The maximum Gasteiger partial charge on any atom is 0.0619 e. The molecule has 2 aromatic carbocycles. The van der Waals surface area contributed by atoms with Gasteiger partial charge in [0, 0.05) is 4.47 Å². The fourth-order valence-electron chi connectivity index (χ4n) is 3.03. The van der Waals surface area contributed by atoms with Crippen LogP contribution in [0.25, 0.3) is 10.8 Å². The van der Waals surface area contributed by atoms with Gasteiger partial charge in [-0.15, -0.1) is 11.6 Å². The summed E-state index contributed by atoms with van der Waals surface area (Å²) >= 11 is 10.3. The van der Waals surface area contributed by atoms with Gasteiger partial charge < -0.3 is 0 Å². The molecular weight excluding hydrogens is 308 g/mol. The lowest BCUT2D eigenvalue weighted by atomic mass is 9.93. The Balaban J connectivity index is 2.08. The minimum Gasteiger partial charge on any atom is -0.117 e. The van der Waals surface area contributed by atoms with Crippen LogP contribution >= 0.6 is 27.5 Å². The lowest BCUT2D eigenvalue weighted by Gasteiger charge is -2.19. The first kappa shape index (κ1) is 12.5. The van der Waals surface area contributed by atoms with E-state index in [2.05, 4.69) is 52.3 Å². The zero-order chi connectivity index (χ0) is 12.5. The second-order valence-electron chi connectivity index (χ2n) is 5.13. The van der Waals surface area contributed by atoms with E-state index in [1.54, 1.807) is 0 Å². The standard InChI is InChI=1S/C16H16BrCl/c17-15-10-9-14(12-7-3-4-8-13(12)15)16(18)11-5-1-2-6-11/h3-4,7-11,16H,1-2,5-6H2. The van der Waals surface area contributed by atoms with Crippen molar-refractivity contribution >= 4 is 38.3 Å². The van der Waals surface area contributed by atoms with E-state index in [0.717, 1.165) is 4.47 Å². The van der Waals surface area contributed by atoms with Crippen molar-refractivity contribution in [1.29, 1.82) is 0 Å². The molecule has 0 saturated heterocycles. The molecule has 0 nitrogen and oxygen atoms in total. The van der Waals surface area contributed by atoms with E-state index in [1.807, 2.05) is 0 Å². The van der Waals surface area contributed by atoms with E-state index in [4.69, 9.17) is 11.6 Å². The van der Waals surface area contributed by atoms with E-state index in [1.165, 1.54) is 42.0 Å². The highest BCUT2D eigenvalue weighted by molar-refractivity contribution is 9.10. The van der Waals surface area contributed by atoms with Crippen molar-refractivity contribution < 1.29 is 0 Å². The van der Waals surface area contributed by atoms with Gasteiger partial charge in [0.1, 0.15) is 0 Å². The lowest BCUT2D eigenvalue weighted by Crippen LogP contribution is -2.04. The smallest absolute Gasteiger partial charge is 0.0619 e. The van der Waals surface area contributed by atoms with Crippen LogP contribution in [0.15, 0.2) is 40.9 Å². The van der Waals surface area contributed by atoms with Crippen LogP contribution in [0.5, 0.6) is 0 Å². The second-order valence-corrected chi connectivity index (χ2v) is 6.45. The van der Waals surface area contributed by atoms with E-state index in [-0.39, 0.29) is 5.38 Å². The van der Waals surface area contributed by atoms with Gasteiger partial charge in [-0.2, -0.15) is 0 Å². The van der Waals surface area contributed by atoms with Crippen molar-refractivity contribution in [2.45, 2.75) is 31.1 Å². The predicted molar refractivity (Wildman–Crippen MR) is 82.2 cm³/mol. The number of alkyl halides is 1. The molecule has 94 valence electrons. The third-order valence-electron chi connectivity index (χ3n) is 4.02. The topological polar surface area (TPSA) is 0 Å². The van der Waals surface area contributed by atoms with Gasteiger partial charge in [0.15, 0.2) is 0 Å². The van der Waals surface area contributed by atoms with Crippen LogP contribution in [0.4, 0.5) is 0 Å². The molecule has 3 rings (SSSR count). The highest BCUT2D eigenvalue weighted by Crippen LogP contribution is 2.43. The lowest BCUT2D eigenvalue weighted by molar-refractivity contribution is 0.531. The molecule has 0 aromatic heterocycles. The Kier molecular flexibility index (Phi) is 3.63. The van der Waals surface area contributed by atoms with Gasteiger partial charge in [0.25, 0.3) is 0 Å². The van der Waals surface area contributed by atoms with E-state index in [9.17, 15) is 0 Å². The number of benzene rings is 2. The SMILES string of the molecule is ClC(c1ccc(Br)c2ccccc12)C1CCCC1. The van der Waals surface area contributed by atoms with Gasteiger partial charge in [0.2, 0.25) is 0 Å². The van der Waals surface area contributed by atoms with Crippen LogP contribution < -0.4 is 0 Å². The summed E-state index contributed by atoms with van der Waals surface area (Å²) in [6.07, 6.45) is 5.22. The van der Waals surface area contributed by atoms with E-state index in [0.29, 0.717) is 5.92 Å². The summed E-state index contributed by atoms with van der Waals surface area (Å²) in [6.45, 7) is 0. The predicted octanol–water partition coefficient (Wildman–Crippen LogP) is 6.07. The Morgan fingerprint density at radius 1 is 1.00 bits per heavy atom. The molecule has 1 saturated carbocycles. The fraction of sp³-hybridized carbons (Fsp3) is 0.375. The van der Waals surface area contributed by atoms with Gasteiger partial charge in [-0.05, 0) is 41.2 Å². The molecule has 18 heavy (non-hydrogen) atoms. The minimum atomic E-state index is 0.158. The summed E-state index contributed by atoms with van der Waals surface area (Å²) < 4.78 is 1.15. The number of halogens is 2. The summed E-state index contributed by atoms with van der Waals surface area (Å²) in [5.41, 5.74) is 1.29. The van der Waals surface area contributed by atoms with Crippen LogP contribution in [-0.4, -0.2) is 0 Å². The van der Waals surface area contributed by atoms with Crippen molar-refractivity contribution in [2.24, 2.45) is 5.92 Å². The molecule has 2 heteroatoms. The minimum absolute atomic E-state index is 0.158. The molecule has 0 amide bonds. The first-order chi connectivity index (χ1) is 8.77. The average Bonchev–Trinajstić information content (AvgIpc) is 2.93. The number of rotatable bonds is 2. The largest absolute Gasteiger partial charge is 0.117 e. The Morgan fingerprint density at radius 3 is 2.39 bits per heavy atom. The van der Waals surface area contributed by atoms with Crippen LogP contribution in [0.3, 0.4) is 0 Å². The third kappa shape index (κ3) is 2.19. The molecule has 1 atom stereocenters. The molecule has 0 radical (unpaired) electrons. The monoisotopic (exact) mass is 322 g/mol. The van der Waals surface area contributed by atoms with Gasteiger partial charge in [-0.25, -0.2) is 0 Å². The fourth-order valence-corrected chi connectivity index (χ4v) is 3.95. The Bertz CT molecular complexity index is 558. The summed E-state index contributed by atoms with van der Waals surface area (Å²) in [6, 6.07) is 12.8. The molecule has 1 unspecified atom stereocenters. The molecular formula is C16H16BrCl. The van der Waals surface area contributed by atoms with Crippen LogP contribution in [0.2, 0.25) is 0 Å². The summed E-state index contributed by atoms with van der Waals surface area (Å²) in [5, 5.41) is 2.71. The maximum absolute atomic E-state index is 6.73. The highest BCUT2D eigenvalue weighted by atomic mass is 79.9. The van der Waals surface area contributed by atoms with Crippen molar-refractivity contribution in [3.8, 4) is 0 Å². The molecule has 0 bridgehead atoms. The average molecular weight is 324 g/mol. The van der Waals surface area contributed by atoms with Gasteiger partial charge >= 0.3 is 0 Å². The third-order valence-corrected chi connectivity index (χ3v) is 5.30. The first-order valence-electron chi connectivity index (χ1n) is 6.58. The quantitative estimate of drug-likeness (QED) is 0.588. The Hall–Kier alpha value is -0.530. The van der Waals surface area contributed by atoms with Crippen molar-refractivity contribution in [3.63, 3.8) is 0 Å². The highest BCUT2D eigenvalue weighted by Gasteiger charge is 2.25. The molecule has 0 N–H and O–H groups in total. The zero-order valence-electron chi connectivity index (χ0n) is 10.2. The van der Waals surface area contributed by atoms with E-state index >= 15 is 0 Å². The molecule has 1 aliphatic rings. The van der Waals surface area contributed by atoms with E-state index < -0.39 is 0 Å². The number of fused-ring (bicyclic) bond motifs is 1. The maximum atomic E-state index is 6.73. The van der Waals surface area contributed by atoms with Crippen LogP contribution in [0, 0.1) is 5.92 Å². The molecule has 0 spiro atoms. The summed E-state index contributed by atoms with van der Waals surface area (Å²) in [5.74, 6) is 0.649. The number of hydrogen-bond acceptors (Lipinski definition) is 0. The van der Waals surface area contributed by atoms with Gasteiger partial charge in [-0.3, -0.25) is 0 Å². The van der Waals surface area contributed by atoms with Crippen molar-refractivity contribution in [3.05, 3.63) is 46.4 Å². The molecule has 2 aromatic rings.